The smallest absolute Gasteiger partial charge is 0.282 e. The SMILES string of the molecule is COc1cc(/C=N/NC(=O)Cc2ccccc2[N+](=O)[O-])c([N+](=O)[O-])cc1OCc1ccccc1. The van der Waals surface area contributed by atoms with Gasteiger partial charge in [0.05, 0.1) is 41.2 Å². The van der Waals surface area contributed by atoms with E-state index in [0.29, 0.717) is 0 Å². The number of nitro groups is 2. The fourth-order valence-electron chi connectivity index (χ4n) is 3.06. The molecule has 174 valence electrons. The van der Waals surface area contributed by atoms with E-state index < -0.39 is 15.8 Å². The summed E-state index contributed by atoms with van der Waals surface area (Å²) in [6, 6.07) is 17.7. The molecule has 0 aromatic heterocycles. The van der Waals surface area contributed by atoms with Gasteiger partial charge in [0.2, 0.25) is 5.91 Å². The molecule has 3 aromatic carbocycles. The topological polar surface area (TPSA) is 146 Å². The lowest BCUT2D eigenvalue weighted by Crippen LogP contribution is -2.20. The highest BCUT2D eigenvalue weighted by atomic mass is 16.6. The molecule has 11 nitrogen and oxygen atoms in total. The summed E-state index contributed by atoms with van der Waals surface area (Å²) in [5.74, 6) is -0.201. The zero-order chi connectivity index (χ0) is 24.5. The molecule has 0 aliphatic carbocycles. The van der Waals surface area contributed by atoms with Crippen molar-refractivity contribution >= 4 is 23.5 Å². The number of hydrazone groups is 1. The van der Waals surface area contributed by atoms with Gasteiger partial charge in [0.15, 0.2) is 11.5 Å². The van der Waals surface area contributed by atoms with Crippen molar-refractivity contribution in [3.05, 3.63) is 104 Å². The van der Waals surface area contributed by atoms with Crippen molar-refractivity contribution in [1.82, 2.24) is 5.43 Å². The van der Waals surface area contributed by atoms with Crippen LogP contribution in [0, 0.1) is 20.2 Å². The average Bonchev–Trinajstić information content (AvgIpc) is 2.83. The molecule has 0 saturated carbocycles. The molecule has 0 heterocycles. The van der Waals surface area contributed by atoms with Crippen LogP contribution in [-0.4, -0.2) is 29.1 Å². The molecule has 0 fully saturated rings. The third-order valence-corrected chi connectivity index (χ3v) is 4.68. The second kappa shape index (κ2) is 11.2. The van der Waals surface area contributed by atoms with Gasteiger partial charge in [-0.2, -0.15) is 5.10 Å². The molecule has 3 aromatic rings. The maximum absolute atomic E-state index is 12.2. The maximum atomic E-state index is 12.2. The van der Waals surface area contributed by atoms with Crippen LogP contribution in [0.15, 0.2) is 71.8 Å². The molecule has 0 radical (unpaired) electrons. The van der Waals surface area contributed by atoms with Crippen LogP contribution in [0.1, 0.15) is 16.7 Å². The standard InChI is InChI=1S/C23H20N4O7/c1-33-21-11-18(14-24-25-23(28)12-17-9-5-6-10-19(17)26(29)30)20(27(31)32)13-22(21)34-15-16-7-3-2-4-8-16/h2-11,13-14H,12,15H2,1H3,(H,25,28)/b24-14+. The predicted molar refractivity (Wildman–Crippen MR) is 123 cm³/mol. The molecule has 1 amide bonds. The Morgan fingerprint density at radius 3 is 2.32 bits per heavy atom. The minimum Gasteiger partial charge on any atom is -0.493 e. The lowest BCUT2D eigenvalue weighted by atomic mass is 10.1. The molecule has 3 rings (SSSR count). The quantitative estimate of drug-likeness (QED) is 0.273. The van der Waals surface area contributed by atoms with E-state index in [0.717, 1.165) is 11.8 Å². The maximum Gasteiger partial charge on any atom is 0.282 e. The van der Waals surface area contributed by atoms with E-state index in [1.54, 1.807) is 6.07 Å². The number of ether oxygens (including phenoxy) is 2. The van der Waals surface area contributed by atoms with E-state index in [-0.39, 0.29) is 47.0 Å². The van der Waals surface area contributed by atoms with Crippen LogP contribution >= 0.6 is 0 Å². The van der Waals surface area contributed by atoms with Gasteiger partial charge in [-0.05, 0) is 11.6 Å². The molecule has 34 heavy (non-hydrogen) atoms. The van der Waals surface area contributed by atoms with E-state index in [1.807, 2.05) is 30.3 Å². The fraction of sp³-hybridized carbons (Fsp3) is 0.130. The normalized spacial score (nSPS) is 10.6. The van der Waals surface area contributed by atoms with E-state index in [9.17, 15) is 25.0 Å². The van der Waals surface area contributed by atoms with Gasteiger partial charge >= 0.3 is 0 Å². The summed E-state index contributed by atoms with van der Waals surface area (Å²) in [6.07, 6.45) is 0.811. The number of para-hydroxylation sites is 1. The summed E-state index contributed by atoms with van der Waals surface area (Å²) in [4.78, 5) is 33.6. The summed E-state index contributed by atoms with van der Waals surface area (Å²) >= 11 is 0. The summed E-state index contributed by atoms with van der Waals surface area (Å²) in [6.45, 7) is 0.184. The Bertz CT molecular complexity index is 1230. The Balaban J connectivity index is 1.75. The summed E-state index contributed by atoms with van der Waals surface area (Å²) in [5.41, 5.74) is 2.89. The van der Waals surface area contributed by atoms with Gasteiger partial charge in [-0.3, -0.25) is 25.0 Å². The number of rotatable bonds is 10. The number of amides is 1. The van der Waals surface area contributed by atoms with Crippen molar-refractivity contribution in [3.8, 4) is 11.5 Å². The number of nitrogens with one attached hydrogen (secondary N) is 1. The molecule has 0 atom stereocenters. The molecule has 0 aliphatic heterocycles. The monoisotopic (exact) mass is 464 g/mol. The van der Waals surface area contributed by atoms with Crippen LogP contribution in [0.25, 0.3) is 0 Å². The van der Waals surface area contributed by atoms with Crippen molar-refractivity contribution < 1.29 is 24.1 Å². The van der Waals surface area contributed by atoms with E-state index in [2.05, 4.69) is 10.5 Å². The molecule has 0 unspecified atom stereocenters. The minimum atomic E-state index is -0.622. The number of benzene rings is 3. The molecular formula is C23H20N4O7. The van der Waals surface area contributed by atoms with Crippen LogP contribution in [0.4, 0.5) is 11.4 Å². The summed E-state index contributed by atoms with van der Waals surface area (Å²) in [5, 5.41) is 26.4. The van der Waals surface area contributed by atoms with E-state index >= 15 is 0 Å². The molecule has 1 N–H and O–H groups in total. The second-order valence-corrected chi connectivity index (χ2v) is 6.95. The molecule has 0 bridgehead atoms. The first-order chi connectivity index (χ1) is 16.4. The third-order valence-electron chi connectivity index (χ3n) is 4.68. The van der Waals surface area contributed by atoms with Crippen LogP contribution < -0.4 is 14.9 Å². The van der Waals surface area contributed by atoms with Gasteiger partial charge in [-0.1, -0.05) is 48.5 Å². The number of methoxy groups -OCH3 is 1. The number of nitrogens with zero attached hydrogens (tertiary/aromatic N) is 3. The van der Waals surface area contributed by atoms with Crippen molar-refractivity contribution in [2.45, 2.75) is 13.0 Å². The highest BCUT2D eigenvalue weighted by Crippen LogP contribution is 2.34. The minimum absolute atomic E-state index is 0.0694. The van der Waals surface area contributed by atoms with Crippen LogP contribution in [0.2, 0.25) is 0 Å². The van der Waals surface area contributed by atoms with Crippen LogP contribution in [0.5, 0.6) is 11.5 Å². The van der Waals surface area contributed by atoms with Gasteiger partial charge in [-0.25, -0.2) is 5.43 Å². The first-order valence-electron chi connectivity index (χ1n) is 9.96. The molecule has 0 spiro atoms. The number of carbonyl (C=O) groups is 1. The molecule has 11 heteroatoms. The first-order valence-corrected chi connectivity index (χ1v) is 9.96. The molecule has 0 aliphatic rings. The molecular weight excluding hydrogens is 444 g/mol. The van der Waals surface area contributed by atoms with Crippen molar-refractivity contribution in [3.63, 3.8) is 0 Å². The predicted octanol–water partition coefficient (Wildman–Crippen LogP) is 3.78. The zero-order valence-corrected chi connectivity index (χ0v) is 18.0. The highest BCUT2D eigenvalue weighted by molar-refractivity contribution is 5.88. The highest BCUT2D eigenvalue weighted by Gasteiger charge is 2.19. The Hall–Kier alpha value is -4.80. The van der Waals surface area contributed by atoms with Crippen LogP contribution in [-0.2, 0) is 17.8 Å². The average molecular weight is 464 g/mol. The lowest BCUT2D eigenvalue weighted by molar-refractivity contribution is -0.385. The van der Waals surface area contributed by atoms with Crippen molar-refractivity contribution in [1.29, 1.82) is 0 Å². The Labute approximate surface area is 193 Å². The van der Waals surface area contributed by atoms with Gasteiger partial charge in [0.25, 0.3) is 11.4 Å². The summed E-state index contributed by atoms with van der Waals surface area (Å²) in [7, 11) is 1.39. The Morgan fingerprint density at radius 1 is 0.971 bits per heavy atom. The van der Waals surface area contributed by atoms with E-state index in [1.165, 1.54) is 37.4 Å². The zero-order valence-electron chi connectivity index (χ0n) is 18.0. The third kappa shape index (κ3) is 6.13. The largest absolute Gasteiger partial charge is 0.493 e. The second-order valence-electron chi connectivity index (χ2n) is 6.95. The van der Waals surface area contributed by atoms with Gasteiger partial charge in [0.1, 0.15) is 6.61 Å². The van der Waals surface area contributed by atoms with Gasteiger partial charge in [0, 0.05) is 11.6 Å². The van der Waals surface area contributed by atoms with Crippen molar-refractivity contribution in [2.75, 3.05) is 7.11 Å². The number of hydrogen-bond donors (Lipinski definition) is 1. The van der Waals surface area contributed by atoms with E-state index in [4.69, 9.17) is 9.47 Å². The number of carbonyl (C=O) groups excluding carboxylic acids is 1. The van der Waals surface area contributed by atoms with Crippen molar-refractivity contribution in [2.24, 2.45) is 5.10 Å². The number of hydrogen-bond acceptors (Lipinski definition) is 8. The first kappa shape index (κ1) is 23.9. The lowest BCUT2D eigenvalue weighted by Gasteiger charge is -2.12. The Kier molecular flexibility index (Phi) is 7.84. The van der Waals surface area contributed by atoms with Crippen LogP contribution in [0.3, 0.4) is 0 Å². The summed E-state index contributed by atoms with van der Waals surface area (Å²) < 4.78 is 11.0. The van der Waals surface area contributed by atoms with Gasteiger partial charge in [-0.15, -0.1) is 0 Å². The fourth-order valence-corrected chi connectivity index (χ4v) is 3.06. The molecule has 0 saturated heterocycles. The Morgan fingerprint density at radius 2 is 1.65 bits per heavy atom. The van der Waals surface area contributed by atoms with Gasteiger partial charge < -0.3 is 9.47 Å². The number of nitro benzene ring substituents is 2.